The van der Waals surface area contributed by atoms with Crippen LogP contribution in [0.5, 0.6) is 0 Å². The van der Waals surface area contributed by atoms with Crippen LogP contribution in [0.25, 0.3) is 0 Å². The average Bonchev–Trinajstić information content (AvgIpc) is 2.88. The highest BCUT2D eigenvalue weighted by molar-refractivity contribution is 7.91. The van der Waals surface area contributed by atoms with Gasteiger partial charge in [0.05, 0.1) is 0 Å². The predicted octanol–water partition coefficient (Wildman–Crippen LogP) is 2.30. The molecule has 0 aromatic carbocycles. The lowest BCUT2D eigenvalue weighted by Crippen LogP contribution is -2.41. The van der Waals surface area contributed by atoms with E-state index in [0.717, 1.165) is 24.1 Å². The summed E-state index contributed by atoms with van der Waals surface area (Å²) in [6, 6.07) is 3.54. The molecular formula is C13H19NO3S2. The monoisotopic (exact) mass is 301 g/mol. The first-order valence-electron chi connectivity index (χ1n) is 6.54. The van der Waals surface area contributed by atoms with Crippen molar-refractivity contribution >= 4 is 27.1 Å². The maximum Gasteiger partial charge on any atom is 0.252 e. The van der Waals surface area contributed by atoms with Crippen molar-refractivity contribution in [3.63, 3.8) is 0 Å². The molecule has 0 spiro atoms. The number of aryl methyl sites for hydroxylation is 1. The first-order valence-corrected chi connectivity index (χ1v) is 8.80. The fourth-order valence-electron chi connectivity index (χ4n) is 2.31. The number of hydrogen-bond donors (Lipinski definition) is 0. The summed E-state index contributed by atoms with van der Waals surface area (Å²) < 4.78 is 26.9. The van der Waals surface area contributed by atoms with Gasteiger partial charge in [-0.3, -0.25) is 4.79 Å². The Morgan fingerprint density at radius 1 is 1.47 bits per heavy atom. The van der Waals surface area contributed by atoms with Gasteiger partial charge in [-0.05, 0) is 38.3 Å². The van der Waals surface area contributed by atoms with Crippen molar-refractivity contribution in [2.45, 2.75) is 37.3 Å². The Morgan fingerprint density at radius 3 is 2.79 bits per heavy atom. The molecule has 1 aliphatic rings. The number of carbonyl (C=O) groups is 1. The maximum absolute atomic E-state index is 12.5. The van der Waals surface area contributed by atoms with E-state index in [2.05, 4.69) is 0 Å². The second-order valence-electron chi connectivity index (χ2n) is 4.89. The minimum Gasteiger partial charge on any atom is -0.300 e. The molecule has 1 atom stereocenters. The molecule has 0 N–H and O–H groups in total. The Morgan fingerprint density at radius 2 is 2.21 bits per heavy atom. The number of ketones is 1. The third-order valence-electron chi connectivity index (χ3n) is 3.54. The van der Waals surface area contributed by atoms with Crippen LogP contribution in [0.3, 0.4) is 0 Å². The van der Waals surface area contributed by atoms with Gasteiger partial charge in [0.2, 0.25) is 0 Å². The molecular weight excluding hydrogens is 282 g/mol. The standard InChI is InChI=1S/C13H19NO3S2/c1-3-12-6-7-13(18-12)19(16,17)14-8-4-5-11(9-14)10(2)15/h6-7,11H,3-5,8-9H2,1-2H3. The fourth-order valence-corrected chi connectivity index (χ4v) is 5.28. The summed E-state index contributed by atoms with van der Waals surface area (Å²) in [5.41, 5.74) is 0. The maximum atomic E-state index is 12.5. The topological polar surface area (TPSA) is 54.5 Å². The SMILES string of the molecule is CCc1ccc(S(=O)(=O)N2CCCC(C(C)=O)C2)s1. The molecule has 19 heavy (non-hydrogen) atoms. The molecule has 1 aromatic heterocycles. The van der Waals surface area contributed by atoms with Gasteiger partial charge in [-0.1, -0.05) is 6.92 Å². The van der Waals surface area contributed by atoms with E-state index in [1.807, 2.05) is 13.0 Å². The number of Topliss-reactive ketones (excluding diaryl/α,β-unsaturated/α-hetero) is 1. The molecule has 0 radical (unpaired) electrons. The lowest BCUT2D eigenvalue weighted by atomic mass is 9.96. The molecule has 1 fully saturated rings. The normalized spacial score (nSPS) is 21.5. The van der Waals surface area contributed by atoms with Crippen molar-refractivity contribution < 1.29 is 13.2 Å². The lowest BCUT2D eigenvalue weighted by Gasteiger charge is -2.30. The van der Waals surface area contributed by atoms with Gasteiger partial charge in [0.1, 0.15) is 9.99 Å². The number of rotatable bonds is 4. The van der Waals surface area contributed by atoms with Crippen molar-refractivity contribution in [1.82, 2.24) is 4.31 Å². The first kappa shape index (κ1) is 14.7. The quantitative estimate of drug-likeness (QED) is 0.857. The van der Waals surface area contributed by atoms with Crippen molar-refractivity contribution in [2.24, 2.45) is 5.92 Å². The van der Waals surface area contributed by atoms with Crippen molar-refractivity contribution in [2.75, 3.05) is 13.1 Å². The molecule has 1 unspecified atom stereocenters. The number of hydrogen-bond acceptors (Lipinski definition) is 4. The van der Waals surface area contributed by atoms with Gasteiger partial charge in [-0.25, -0.2) is 8.42 Å². The summed E-state index contributed by atoms with van der Waals surface area (Å²) in [7, 11) is -3.42. The summed E-state index contributed by atoms with van der Waals surface area (Å²) in [5.74, 6) is -0.0607. The number of sulfonamides is 1. The van der Waals surface area contributed by atoms with Crippen LogP contribution in [-0.4, -0.2) is 31.6 Å². The molecule has 4 nitrogen and oxygen atoms in total. The molecule has 1 saturated heterocycles. The number of thiophene rings is 1. The van der Waals surface area contributed by atoms with Crippen LogP contribution in [0.15, 0.2) is 16.3 Å². The second-order valence-corrected chi connectivity index (χ2v) is 8.22. The lowest BCUT2D eigenvalue weighted by molar-refractivity contribution is -0.121. The summed E-state index contributed by atoms with van der Waals surface area (Å²) >= 11 is 1.33. The summed E-state index contributed by atoms with van der Waals surface area (Å²) in [6.07, 6.45) is 2.40. The number of nitrogens with zero attached hydrogens (tertiary/aromatic N) is 1. The molecule has 0 saturated carbocycles. The van der Waals surface area contributed by atoms with Gasteiger partial charge in [0.15, 0.2) is 0 Å². The van der Waals surface area contributed by atoms with Crippen LogP contribution in [0.4, 0.5) is 0 Å². The highest BCUT2D eigenvalue weighted by Gasteiger charge is 2.32. The van der Waals surface area contributed by atoms with Crippen LogP contribution >= 0.6 is 11.3 Å². The Balaban J connectivity index is 2.21. The molecule has 106 valence electrons. The second kappa shape index (κ2) is 5.73. The van der Waals surface area contributed by atoms with Gasteiger partial charge in [0.25, 0.3) is 10.0 Å². The molecule has 6 heteroatoms. The summed E-state index contributed by atoms with van der Waals surface area (Å²) in [5, 5.41) is 0. The van der Waals surface area contributed by atoms with Crippen LogP contribution in [0, 0.1) is 5.92 Å². The Kier molecular flexibility index (Phi) is 4.43. The first-order chi connectivity index (χ1) is 8.95. The molecule has 2 heterocycles. The zero-order valence-electron chi connectivity index (χ0n) is 11.3. The van der Waals surface area contributed by atoms with E-state index < -0.39 is 10.0 Å². The average molecular weight is 301 g/mol. The zero-order valence-corrected chi connectivity index (χ0v) is 12.9. The third kappa shape index (κ3) is 3.07. The van der Waals surface area contributed by atoms with E-state index in [1.165, 1.54) is 15.6 Å². The van der Waals surface area contributed by atoms with Crippen LogP contribution in [0.2, 0.25) is 0 Å². The largest absolute Gasteiger partial charge is 0.300 e. The minimum absolute atomic E-state index is 0.0836. The van der Waals surface area contributed by atoms with Crippen LogP contribution in [-0.2, 0) is 21.2 Å². The van der Waals surface area contributed by atoms with E-state index in [9.17, 15) is 13.2 Å². The van der Waals surface area contributed by atoms with Gasteiger partial charge in [-0.15, -0.1) is 11.3 Å². The number of carbonyl (C=O) groups excluding carboxylic acids is 1. The van der Waals surface area contributed by atoms with E-state index in [4.69, 9.17) is 0 Å². The predicted molar refractivity (Wildman–Crippen MR) is 75.9 cm³/mol. The molecule has 1 aromatic rings. The van der Waals surface area contributed by atoms with E-state index in [1.54, 1.807) is 13.0 Å². The van der Waals surface area contributed by atoms with Gasteiger partial charge in [-0.2, -0.15) is 4.31 Å². The van der Waals surface area contributed by atoms with Gasteiger partial charge in [0, 0.05) is 23.9 Å². The molecule has 0 amide bonds. The smallest absolute Gasteiger partial charge is 0.252 e. The molecule has 2 rings (SSSR count). The number of piperidine rings is 1. The van der Waals surface area contributed by atoms with E-state index in [-0.39, 0.29) is 11.7 Å². The van der Waals surface area contributed by atoms with Crippen molar-refractivity contribution in [1.29, 1.82) is 0 Å². The zero-order chi connectivity index (χ0) is 14.0. The summed E-state index contributed by atoms with van der Waals surface area (Å²) in [4.78, 5) is 12.5. The van der Waals surface area contributed by atoms with E-state index >= 15 is 0 Å². The highest BCUT2D eigenvalue weighted by atomic mass is 32.2. The van der Waals surface area contributed by atoms with Crippen molar-refractivity contribution in [3.05, 3.63) is 17.0 Å². The fraction of sp³-hybridized carbons (Fsp3) is 0.615. The van der Waals surface area contributed by atoms with E-state index in [0.29, 0.717) is 17.3 Å². The van der Waals surface area contributed by atoms with Crippen molar-refractivity contribution in [3.8, 4) is 0 Å². The molecule has 1 aliphatic heterocycles. The third-order valence-corrected chi connectivity index (χ3v) is 7.10. The Labute approximate surface area is 118 Å². The Hall–Kier alpha value is -0.720. The molecule has 0 bridgehead atoms. The van der Waals surface area contributed by atoms with Gasteiger partial charge < -0.3 is 0 Å². The minimum atomic E-state index is -3.42. The van der Waals surface area contributed by atoms with Gasteiger partial charge >= 0.3 is 0 Å². The summed E-state index contributed by atoms with van der Waals surface area (Å²) in [6.45, 7) is 4.40. The molecule has 0 aliphatic carbocycles. The van der Waals surface area contributed by atoms with Crippen LogP contribution < -0.4 is 0 Å². The highest BCUT2D eigenvalue weighted by Crippen LogP contribution is 2.28. The Bertz CT molecular complexity index is 562. The van der Waals surface area contributed by atoms with Crippen LogP contribution in [0.1, 0.15) is 31.6 Å².